The van der Waals surface area contributed by atoms with Crippen LogP contribution in [0.25, 0.3) is 0 Å². The lowest BCUT2D eigenvalue weighted by Crippen LogP contribution is -2.19. The number of pyridine rings is 1. The van der Waals surface area contributed by atoms with Gasteiger partial charge in [0.15, 0.2) is 0 Å². The van der Waals surface area contributed by atoms with Gasteiger partial charge in [0.2, 0.25) is 11.8 Å². The first-order chi connectivity index (χ1) is 8.29. The third-order valence-electron chi connectivity index (χ3n) is 2.68. The number of methoxy groups -OCH3 is 1. The Hall–Kier alpha value is -1.62. The lowest BCUT2D eigenvalue weighted by molar-refractivity contribution is -0.118. The summed E-state index contributed by atoms with van der Waals surface area (Å²) in [5.74, 6) is 0.358. The maximum atomic E-state index is 11.8. The summed E-state index contributed by atoms with van der Waals surface area (Å²) < 4.78 is 10.5. The van der Waals surface area contributed by atoms with Crippen LogP contribution in [-0.4, -0.2) is 30.7 Å². The molecule has 1 amide bonds. The summed E-state index contributed by atoms with van der Waals surface area (Å²) in [7, 11) is 1.53. The van der Waals surface area contributed by atoms with E-state index in [4.69, 9.17) is 9.47 Å². The van der Waals surface area contributed by atoms with E-state index in [1.165, 1.54) is 7.11 Å². The molecule has 0 radical (unpaired) electrons. The quantitative estimate of drug-likeness (QED) is 0.862. The third-order valence-corrected chi connectivity index (χ3v) is 2.68. The molecule has 0 unspecified atom stereocenters. The maximum absolute atomic E-state index is 11.8. The van der Waals surface area contributed by atoms with E-state index in [-0.39, 0.29) is 12.0 Å². The van der Waals surface area contributed by atoms with E-state index in [1.54, 1.807) is 18.3 Å². The molecule has 17 heavy (non-hydrogen) atoms. The van der Waals surface area contributed by atoms with Crippen LogP contribution in [-0.2, 0) is 9.53 Å². The minimum atomic E-state index is -0.0665. The van der Waals surface area contributed by atoms with Gasteiger partial charge in [0.1, 0.15) is 5.69 Å². The molecule has 0 spiro atoms. The van der Waals surface area contributed by atoms with Gasteiger partial charge in [-0.05, 0) is 25.0 Å². The van der Waals surface area contributed by atoms with E-state index in [0.29, 0.717) is 18.0 Å². The number of hydrogen-bond donors (Lipinski definition) is 1. The van der Waals surface area contributed by atoms with Gasteiger partial charge in [-0.15, -0.1) is 0 Å². The molecule has 1 aliphatic heterocycles. The summed E-state index contributed by atoms with van der Waals surface area (Å²) in [6.45, 7) is 0.758. The normalized spacial score (nSPS) is 19.0. The lowest BCUT2D eigenvalue weighted by Gasteiger charge is -2.11. The minimum Gasteiger partial charge on any atom is -0.480 e. The largest absolute Gasteiger partial charge is 0.480 e. The van der Waals surface area contributed by atoms with Gasteiger partial charge >= 0.3 is 0 Å². The van der Waals surface area contributed by atoms with E-state index in [2.05, 4.69) is 10.3 Å². The molecule has 1 aromatic heterocycles. The Balaban J connectivity index is 1.92. The Morgan fingerprint density at radius 2 is 2.59 bits per heavy atom. The topological polar surface area (TPSA) is 60.5 Å². The molecule has 1 aliphatic rings. The van der Waals surface area contributed by atoms with Gasteiger partial charge in [0.05, 0.1) is 19.6 Å². The second-order valence-corrected chi connectivity index (χ2v) is 3.95. The molecular formula is C12H16N2O3. The number of carbonyl (C=O) groups excluding carboxylic acids is 1. The van der Waals surface area contributed by atoms with Crippen LogP contribution in [0, 0.1) is 0 Å². The third kappa shape index (κ3) is 3.17. The van der Waals surface area contributed by atoms with Gasteiger partial charge in [-0.3, -0.25) is 4.79 Å². The minimum absolute atomic E-state index is 0.0534. The Labute approximate surface area is 100 Å². The molecule has 1 fully saturated rings. The Bertz CT molecular complexity index is 389. The molecule has 2 rings (SSSR count). The fraction of sp³-hybridized carbons (Fsp3) is 0.500. The fourth-order valence-electron chi connectivity index (χ4n) is 1.86. The zero-order chi connectivity index (χ0) is 12.1. The average Bonchev–Trinajstić information content (AvgIpc) is 2.82. The maximum Gasteiger partial charge on any atom is 0.237 e. The number of aromatic nitrogens is 1. The summed E-state index contributed by atoms with van der Waals surface area (Å²) in [5.41, 5.74) is 0.595. The predicted molar refractivity (Wildman–Crippen MR) is 63.0 cm³/mol. The van der Waals surface area contributed by atoms with E-state index in [0.717, 1.165) is 19.4 Å². The monoisotopic (exact) mass is 236 g/mol. The van der Waals surface area contributed by atoms with Crippen molar-refractivity contribution in [1.82, 2.24) is 4.98 Å². The molecule has 0 saturated carbocycles. The van der Waals surface area contributed by atoms with Crippen molar-refractivity contribution in [3.63, 3.8) is 0 Å². The van der Waals surface area contributed by atoms with Crippen molar-refractivity contribution in [1.29, 1.82) is 0 Å². The number of hydrogen-bond acceptors (Lipinski definition) is 4. The number of anilines is 1. The van der Waals surface area contributed by atoms with Gasteiger partial charge in [0, 0.05) is 12.8 Å². The van der Waals surface area contributed by atoms with E-state index in [1.807, 2.05) is 0 Å². The van der Waals surface area contributed by atoms with Gasteiger partial charge < -0.3 is 14.8 Å². The highest BCUT2D eigenvalue weighted by Crippen LogP contribution is 2.21. The van der Waals surface area contributed by atoms with Crippen LogP contribution >= 0.6 is 0 Å². The van der Waals surface area contributed by atoms with Gasteiger partial charge in [-0.1, -0.05) is 0 Å². The van der Waals surface area contributed by atoms with Crippen molar-refractivity contribution in [3.05, 3.63) is 18.3 Å². The summed E-state index contributed by atoms with van der Waals surface area (Å²) in [4.78, 5) is 15.8. The van der Waals surface area contributed by atoms with Crippen LogP contribution in [0.2, 0.25) is 0 Å². The van der Waals surface area contributed by atoms with Crippen molar-refractivity contribution in [3.8, 4) is 5.88 Å². The zero-order valence-electron chi connectivity index (χ0n) is 9.81. The standard InChI is InChI=1S/C12H16N2O3/c1-16-12-10(5-2-6-13-12)14-11(15)8-9-4-3-7-17-9/h2,5-6,9H,3-4,7-8H2,1H3,(H,14,15)/t9-/m1/s1. The van der Waals surface area contributed by atoms with E-state index in [9.17, 15) is 4.79 Å². The highest BCUT2D eigenvalue weighted by atomic mass is 16.5. The molecule has 1 aromatic rings. The van der Waals surface area contributed by atoms with Crippen molar-refractivity contribution in [2.45, 2.75) is 25.4 Å². The number of nitrogens with one attached hydrogen (secondary N) is 1. The van der Waals surface area contributed by atoms with Crippen molar-refractivity contribution in [2.75, 3.05) is 19.0 Å². The predicted octanol–water partition coefficient (Wildman–Crippen LogP) is 1.60. The zero-order valence-corrected chi connectivity index (χ0v) is 9.81. The molecule has 1 atom stereocenters. The molecule has 0 bridgehead atoms. The number of rotatable bonds is 4. The van der Waals surface area contributed by atoms with Crippen LogP contribution in [0.1, 0.15) is 19.3 Å². The van der Waals surface area contributed by atoms with Crippen LogP contribution < -0.4 is 10.1 Å². The van der Waals surface area contributed by atoms with Gasteiger partial charge in [-0.2, -0.15) is 0 Å². The second kappa shape index (κ2) is 5.63. The van der Waals surface area contributed by atoms with E-state index < -0.39 is 0 Å². The molecule has 0 aromatic carbocycles. The fourth-order valence-corrected chi connectivity index (χ4v) is 1.86. The average molecular weight is 236 g/mol. The first-order valence-electron chi connectivity index (χ1n) is 5.70. The van der Waals surface area contributed by atoms with Gasteiger partial charge in [0.25, 0.3) is 0 Å². The molecule has 1 N–H and O–H groups in total. The van der Waals surface area contributed by atoms with Crippen molar-refractivity contribution >= 4 is 11.6 Å². The first kappa shape index (κ1) is 11.9. The molecule has 0 aliphatic carbocycles. The van der Waals surface area contributed by atoms with Crippen LogP contribution in [0.3, 0.4) is 0 Å². The molecular weight excluding hydrogens is 220 g/mol. The number of carbonyl (C=O) groups is 1. The van der Waals surface area contributed by atoms with Gasteiger partial charge in [-0.25, -0.2) is 4.98 Å². The number of ether oxygens (including phenoxy) is 2. The first-order valence-corrected chi connectivity index (χ1v) is 5.70. The number of nitrogens with zero attached hydrogens (tertiary/aromatic N) is 1. The lowest BCUT2D eigenvalue weighted by atomic mass is 10.2. The summed E-state index contributed by atoms with van der Waals surface area (Å²) in [6, 6.07) is 3.52. The SMILES string of the molecule is COc1ncccc1NC(=O)C[C@H]1CCCO1. The van der Waals surface area contributed by atoms with Crippen LogP contribution in [0.5, 0.6) is 5.88 Å². The molecule has 1 saturated heterocycles. The Morgan fingerprint density at radius 3 is 3.29 bits per heavy atom. The summed E-state index contributed by atoms with van der Waals surface area (Å²) >= 11 is 0. The Morgan fingerprint density at radius 1 is 1.71 bits per heavy atom. The smallest absolute Gasteiger partial charge is 0.237 e. The van der Waals surface area contributed by atoms with E-state index >= 15 is 0 Å². The van der Waals surface area contributed by atoms with Crippen LogP contribution in [0.4, 0.5) is 5.69 Å². The number of amides is 1. The summed E-state index contributed by atoms with van der Waals surface area (Å²) in [6.07, 6.45) is 4.05. The Kier molecular flexibility index (Phi) is 3.93. The molecule has 5 heteroatoms. The highest BCUT2D eigenvalue weighted by molar-refractivity contribution is 5.92. The van der Waals surface area contributed by atoms with Crippen molar-refractivity contribution < 1.29 is 14.3 Å². The summed E-state index contributed by atoms with van der Waals surface area (Å²) in [5, 5.41) is 2.78. The molecule has 5 nitrogen and oxygen atoms in total. The molecule has 92 valence electrons. The van der Waals surface area contributed by atoms with Crippen LogP contribution in [0.15, 0.2) is 18.3 Å². The van der Waals surface area contributed by atoms with Crippen molar-refractivity contribution in [2.24, 2.45) is 0 Å². The second-order valence-electron chi connectivity index (χ2n) is 3.95. The highest BCUT2D eigenvalue weighted by Gasteiger charge is 2.19. The molecule has 2 heterocycles.